The average molecular weight is 450 g/mol. The first-order valence-electron chi connectivity index (χ1n) is 9.94. The molecule has 1 atom stereocenters. The molecule has 0 unspecified atom stereocenters. The molecule has 0 radical (unpaired) electrons. The molecule has 32 heavy (non-hydrogen) atoms. The van der Waals surface area contributed by atoms with Crippen LogP contribution in [-0.2, 0) is 0 Å². The zero-order valence-corrected chi connectivity index (χ0v) is 17.6. The summed E-state index contributed by atoms with van der Waals surface area (Å²) in [5.74, 6) is 0.299. The van der Waals surface area contributed by atoms with Gasteiger partial charge in [0.05, 0.1) is 23.6 Å². The van der Waals surface area contributed by atoms with E-state index in [1.165, 1.54) is 29.4 Å². The van der Waals surface area contributed by atoms with Crippen LogP contribution in [0.4, 0.5) is 10.2 Å². The van der Waals surface area contributed by atoms with E-state index in [1.54, 1.807) is 30.3 Å². The summed E-state index contributed by atoms with van der Waals surface area (Å²) in [5.41, 5.74) is 1.40. The van der Waals surface area contributed by atoms with Crippen LogP contribution >= 0.6 is 11.6 Å². The summed E-state index contributed by atoms with van der Waals surface area (Å²) in [5, 5.41) is 3.70. The van der Waals surface area contributed by atoms with Crippen LogP contribution in [0.1, 0.15) is 25.2 Å². The minimum atomic E-state index is -0.627. The Morgan fingerprint density at radius 3 is 2.84 bits per heavy atom. The van der Waals surface area contributed by atoms with E-state index in [4.69, 9.17) is 11.6 Å². The molecule has 5 rings (SSSR count). The van der Waals surface area contributed by atoms with Crippen LogP contribution in [-0.4, -0.2) is 29.5 Å². The standard InChI is InChI=1S/C22H17ClFN7O/c1-2-15(29-20-18-19(26-10-25-18)27-11-28-20)21-30-16-8-4-7-14(24)17(16)22(32)31(21)13-6-3-5-12(23)9-13/h3-11,15H,2H2,1H3,(H2,25,26,27,28,29)/t15-/m0/s1. The Balaban J connectivity index is 1.75. The van der Waals surface area contributed by atoms with Crippen LogP contribution < -0.4 is 10.9 Å². The third kappa shape index (κ3) is 3.36. The summed E-state index contributed by atoms with van der Waals surface area (Å²) in [6.45, 7) is 1.95. The second-order valence-corrected chi connectivity index (χ2v) is 7.59. The monoisotopic (exact) mass is 449 g/mol. The van der Waals surface area contributed by atoms with Crippen LogP contribution in [0.15, 0.2) is 59.9 Å². The number of aromatic nitrogens is 6. The van der Waals surface area contributed by atoms with Gasteiger partial charge in [-0.2, -0.15) is 0 Å². The van der Waals surface area contributed by atoms with Gasteiger partial charge in [-0.05, 0) is 36.8 Å². The maximum atomic E-state index is 14.6. The Labute approximate surface area is 186 Å². The van der Waals surface area contributed by atoms with Gasteiger partial charge in [-0.15, -0.1) is 0 Å². The minimum Gasteiger partial charge on any atom is -0.358 e. The Morgan fingerprint density at radius 2 is 2.03 bits per heavy atom. The number of fused-ring (bicyclic) bond motifs is 2. The highest BCUT2D eigenvalue weighted by Crippen LogP contribution is 2.27. The van der Waals surface area contributed by atoms with E-state index in [9.17, 15) is 9.18 Å². The van der Waals surface area contributed by atoms with E-state index in [-0.39, 0.29) is 10.9 Å². The zero-order chi connectivity index (χ0) is 22.2. The number of benzene rings is 2. The van der Waals surface area contributed by atoms with Crippen molar-refractivity contribution < 1.29 is 4.39 Å². The van der Waals surface area contributed by atoms with Gasteiger partial charge in [0, 0.05) is 5.02 Å². The molecule has 0 aliphatic heterocycles. The van der Waals surface area contributed by atoms with Gasteiger partial charge in [0.1, 0.15) is 28.9 Å². The first-order chi connectivity index (χ1) is 15.6. The summed E-state index contributed by atoms with van der Waals surface area (Å²) in [6.07, 6.45) is 3.50. The summed E-state index contributed by atoms with van der Waals surface area (Å²) < 4.78 is 16.0. The third-order valence-corrected chi connectivity index (χ3v) is 5.43. The number of anilines is 1. The van der Waals surface area contributed by atoms with Gasteiger partial charge in [-0.25, -0.2) is 24.3 Å². The van der Waals surface area contributed by atoms with Crippen molar-refractivity contribution in [1.82, 2.24) is 29.5 Å². The molecule has 3 aromatic heterocycles. The predicted octanol–water partition coefficient (Wildman–Crippen LogP) is 4.41. The molecule has 2 N–H and O–H groups in total. The largest absolute Gasteiger partial charge is 0.358 e. The van der Waals surface area contributed by atoms with Crippen LogP contribution in [0.2, 0.25) is 5.02 Å². The number of aromatic amines is 1. The SMILES string of the molecule is CC[C@H](Nc1ncnc2nc[nH]c12)c1nc2cccc(F)c2c(=O)n1-c1cccc(Cl)c1. The zero-order valence-electron chi connectivity index (χ0n) is 16.9. The van der Waals surface area contributed by atoms with Gasteiger partial charge in [0.25, 0.3) is 5.56 Å². The van der Waals surface area contributed by atoms with E-state index >= 15 is 0 Å². The molecule has 5 aromatic rings. The lowest BCUT2D eigenvalue weighted by Crippen LogP contribution is -2.28. The Morgan fingerprint density at radius 1 is 1.19 bits per heavy atom. The van der Waals surface area contributed by atoms with Gasteiger partial charge >= 0.3 is 0 Å². The smallest absolute Gasteiger partial charge is 0.269 e. The molecule has 0 fully saturated rings. The van der Waals surface area contributed by atoms with Crippen molar-refractivity contribution in [2.45, 2.75) is 19.4 Å². The number of nitrogens with one attached hydrogen (secondary N) is 2. The summed E-state index contributed by atoms with van der Waals surface area (Å²) in [6, 6.07) is 10.8. The molecular weight excluding hydrogens is 433 g/mol. The highest BCUT2D eigenvalue weighted by Gasteiger charge is 2.23. The molecule has 0 spiro atoms. The molecule has 8 nitrogen and oxygen atoms in total. The number of hydrogen-bond donors (Lipinski definition) is 2. The first-order valence-corrected chi connectivity index (χ1v) is 10.3. The number of H-pyrrole nitrogens is 1. The number of nitrogens with zero attached hydrogens (tertiary/aromatic N) is 5. The lowest BCUT2D eigenvalue weighted by Gasteiger charge is -2.22. The molecule has 0 bridgehead atoms. The summed E-state index contributed by atoms with van der Waals surface area (Å²) in [4.78, 5) is 33.8. The highest BCUT2D eigenvalue weighted by molar-refractivity contribution is 6.30. The van der Waals surface area contributed by atoms with Crippen molar-refractivity contribution in [3.05, 3.63) is 82.1 Å². The Kier molecular flexibility index (Phi) is 5.02. The van der Waals surface area contributed by atoms with E-state index in [1.807, 2.05) is 6.92 Å². The number of rotatable bonds is 5. The number of imidazole rings is 1. The third-order valence-electron chi connectivity index (χ3n) is 5.19. The van der Waals surface area contributed by atoms with Crippen LogP contribution in [0.25, 0.3) is 27.8 Å². The van der Waals surface area contributed by atoms with Crippen LogP contribution in [0, 0.1) is 5.82 Å². The molecule has 0 aliphatic rings. The number of hydrogen-bond acceptors (Lipinski definition) is 6. The molecule has 10 heteroatoms. The first kappa shape index (κ1) is 20.1. The van der Waals surface area contributed by atoms with E-state index in [0.717, 1.165) is 0 Å². The van der Waals surface area contributed by atoms with E-state index in [2.05, 4.69) is 30.2 Å². The van der Waals surface area contributed by atoms with Crippen LogP contribution in [0.3, 0.4) is 0 Å². The highest BCUT2D eigenvalue weighted by atomic mass is 35.5. The van der Waals surface area contributed by atoms with Crippen molar-refractivity contribution >= 4 is 39.5 Å². The summed E-state index contributed by atoms with van der Waals surface area (Å²) >= 11 is 6.19. The van der Waals surface area contributed by atoms with Gasteiger partial charge in [0.2, 0.25) is 0 Å². The normalized spacial score (nSPS) is 12.3. The molecule has 2 aromatic carbocycles. The predicted molar refractivity (Wildman–Crippen MR) is 121 cm³/mol. The van der Waals surface area contributed by atoms with Gasteiger partial charge in [-0.1, -0.05) is 30.7 Å². The molecule has 0 aliphatic carbocycles. The Bertz CT molecular complexity index is 1510. The van der Waals surface area contributed by atoms with Gasteiger partial charge in [0.15, 0.2) is 11.5 Å². The summed E-state index contributed by atoms with van der Waals surface area (Å²) in [7, 11) is 0. The van der Waals surface area contributed by atoms with Crippen LogP contribution in [0.5, 0.6) is 0 Å². The lowest BCUT2D eigenvalue weighted by atomic mass is 10.1. The van der Waals surface area contributed by atoms with E-state index in [0.29, 0.717) is 39.9 Å². The van der Waals surface area contributed by atoms with E-state index < -0.39 is 17.4 Å². The molecule has 0 saturated carbocycles. The number of halogens is 2. The van der Waals surface area contributed by atoms with Crippen molar-refractivity contribution in [1.29, 1.82) is 0 Å². The van der Waals surface area contributed by atoms with Gasteiger partial charge in [-0.3, -0.25) is 9.36 Å². The maximum Gasteiger partial charge on any atom is 0.269 e. The molecule has 3 heterocycles. The molecular formula is C22H17ClFN7O. The van der Waals surface area contributed by atoms with Crippen molar-refractivity contribution in [2.24, 2.45) is 0 Å². The minimum absolute atomic E-state index is 0.0796. The fourth-order valence-electron chi connectivity index (χ4n) is 3.69. The average Bonchev–Trinajstić information content (AvgIpc) is 3.27. The molecule has 0 saturated heterocycles. The second-order valence-electron chi connectivity index (χ2n) is 7.15. The second kappa shape index (κ2) is 8.01. The topological polar surface area (TPSA) is 101 Å². The van der Waals surface area contributed by atoms with Crippen molar-refractivity contribution in [3.8, 4) is 5.69 Å². The van der Waals surface area contributed by atoms with Crippen molar-refractivity contribution in [2.75, 3.05) is 5.32 Å². The Hall–Kier alpha value is -3.85. The molecule has 0 amide bonds. The molecule has 160 valence electrons. The fourth-order valence-corrected chi connectivity index (χ4v) is 3.88. The fraction of sp³-hybridized carbons (Fsp3) is 0.136. The lowest BCUT2D eigenvalue weighted by molar-refractivity contribution is 0.630. The van der Waals surface area contributed by atoms with Crippen molar-refractivity contribution in [3.63, 3.8) is 0 Å². The quantitative estimate of drug-likeness (QED) is 0.412. The maximum absolute atomic E-state index is 14.6. The van der Waals surface area contributed by atoms with Gasteiger partial charge < -0.3 is 10.3 Å².